The summed E-state index contributed by atoms with van der Waals surface area (Å²) in [6.45, 7) is 2.63. The van der Waals surface area contributed by atoms with E-state index in [1.165, 1.54) is 0 Å². The molecule has 0 aliphatic rings. The van der Waals surface area contributed by atoms with Gasteiger partial charge in [0.15, 0.2) is 16.7 Å². The van der Waals surface area contributed by atoms with Crippen molar-refractivity contribution in [3.63, 3.8) is 0 Å². The van der Waals surface area contributed by atoms with Gasteiger partial charge in [-0.1, -0.05) is 13.3 Å². The zero-order valence-corrected chi connectivity index (χ0v) is 10.1. The van der Waals surface area contributed by atoms with Crippen LogP contribution in [-0.4, -0.2) is 11.7 Å². The number of unbranched alkanes of at least 4 members (excludes halogenated alkanes) is 1. The maximum atomic E-state index is 13.2. The van der Waals surface area contributed by atoms with Gasteiger partial charge in [-0.2, -0.15) is 0 Å². The van der Waals surface area contributed by atoms with Crippen LogP contribution >= 0.6 is 12.2 Å². The fourth-order valence-corrected chi connectivity index (χ4v) is 1.40. The van der Waals surface area contributed by atoms with Gasteiger partial charge < -0.3 is 10.6 Å². The summed E-state index contributed by atoms with van der Waals surface area (Å²) in [5.74, 6) is -2.99. The van der Waals surface area contributed by atoms with Crippen molar-refractivity contribution in [1.29, 1.82) is 0 Å². The highest BCUT2D eigenvalue weighted by atomic mass is 32.1. The maximum Gasteiger partial charge on any atom is 0.170 e. The Morgan fingerprint density at radius 1 is 1.24 bits per heavy atom. The summed E-state index contributed by atoms with van der Waals surface area (Å²) in [7, 11) is 0. The molecule has 1 aromatic rings. The van der Waals surface area contributed by atoms with Gasteiger partial charge in [-0.15, -0.1) is 0 Å². The first-order valence-electron chi connectivity index (χ1n) is 5.24. The van der Waals surface area contributed by atoms with E-state index in [9.17, 15) is 13.2 Å². The lowest BCUT2D eigenvalue weighted by Crippen LogP contribution is -2.30. The van der Waals surface area contributed by atoms with Gasteiger partial charge in [-0.3, -0.25) is 0 Å². The normalized spacial score (nSPS) is 10.1. The molecule has 0 saturated heterocycles. The average Bonchev–Trinajstić information content (AvgIpc) is 2.24. The van der Waals surface area contributed by atoms with Crippen LogP contribution in [0.15, 0.2) is 12.1 Å². The molecule has 0 amide bonds. The largest absolute Gasteiger partial charge is 0.362 e. The van der Waals surface area contributed by atoms with Crippen LogP contribution in [0.25, 0.3) is 0 Å². The van der Waals surface area contributed by atoms with E-state index in [1.54, 1.807) is 0 Å². The fourth-order valence-electron chi connectivity index (χ4n) is 1.20. The minimum absolute atomic E-state index is 0.114. The van der Waals surface area contributed by atoms with E-state index in [2.05, 4.69) is 10.6 Å². The molecule has 2 nitrogen and oxygen atoms in total. The Hall–Kier alpha value is -1.30. The number of nitrogens with one attached hydrogen (secondary N) is 2. The van der Waals surface area contributed by atoms with E-state index in [0.29, 0.717) is 18.7 Å². The first-order chi connectivity index (χ1) is 8.04. The van der Waals surface area contributed by atoms with Crippen LogP contribution < -0.4 is 10.6 Å². The number of rotatable bonds is 4. The van der Waals surface area contributed by atoms with Gasteiger partial charge in [-0.25, -0.2) is 13.2 Å². The highest BCUT2D eigenvalue weighted by Gasteiger charge is 2.12. The van der Waals surface area contributed by atoms with Crippen molar-refractivity contribution in [3.05, 3.63) is 29.6 Å². The molecule has 0 aliphatic carbocycles. The van der Waals surface area contributed by atoms with E-state index in [1.807, 2.05) is 6.92 Å². The molecule has 0 atom stereocenters. The minimum atomic E-state index is -1.01. The van der Waals surface area contributed by atoms with Crippen LogP contribution in [0.5, 0.6) is 0 Å². The molecule has 1 aromatic carbocycles. The van der Waals surface area contributed by atoms with E-state index >= 15 is 0 Å². The summed E-state index contributed by atoms with van der Waals surface area (Å²) < 4.78 is 39.1. The molecule has 0 saturated carbocycles. The monoisotopic (exact) mass is 262 g/mol. The number of anilines is 1. The van der Waals surface area contributed by atoms with Gasteiger partial charge in [-0.05, 0) is 18.6 Å². The first-order valence-corrected chi connectivity index (χ1v) is 5.64. The summed E-state index contributed by atoms with van der Waals surface area (Å²) in [5, 5.41) is 5.28. The summed E-state index contributed by atoms with van der Waals surface area (Å²) in [6, 6.07) is 1.19. The van der Waals surface area contributed by atoms with Crippen LogP contribution in [0.2, 0.25) is 0 Å². The molecule has 6 heteroatoms. The molecule has 0 fully saturated rings. The van der Waals surface area contributed by atoms with Crippen molar-refractivity contribution in [3.8, 4) is 0 Å². The van der Waals surface area contributed by atoms with Crippen LogP contribution in [-0.2, 0) is 0 Å². The Morgan fingerprint density at radius 2 is 1.82 bits per heavy atom. The zero-order chi connectivity index (χ0) is 12.8. The fraction of sp³-hybridized carbons (Fsp3) is 0.364. The third-order valence-corrected chi connectivity index (χ3v) is 2.31. The van der Waals surface area contributed by atoms with Gasteiger partial charge in [0, 0.05) is 18.7 Å². The lowest BCUT2D eigenvalue weighted by atomic mass is 10.3. The highest BCUT2D eigenvalue weighted by Crippen LogP contribution is 2.19. The molecule has 1 rings (SSSR count). The molecule has 0 bridgehead atoms. The van der Waals surface area contributed by atoms with E-state index in [-0.39, 0.29) is 5.11 Å². The summed E-state index contributed by atoms with van der Waals surface area (Å²) >= 11 is 4.85. The van der Waals surface area contributed by atoms with E-state index < -0.39 is 23.1 Å². The number of thiocarbonyl (C=S) groups is 1. The standard InChI is InChI=1S/C11H13F3N2S/c1-2-3-4-15-11(17)16-10-8(13)5-7(12)6-9(10)14/h5-6H,2-4H2,1H3,(H2,15,16,17). The Kier molecular flexibility index (Phi) is 5.21. The maximum absolute atomic E-state index is 13.2. The van der Waals surface area contributed by atoms with Gasteiger partial charge in [0.1, 0.15) is 11.5 Å². The van der Waals surface area contributed by atoms with Crippen molar-refractivity contribution in [1.82, 2.24) is 5.32 Å². The molecule has 94 valence electrons. The van der Waals surface area contributed by atoms with E-state index in [4.69, 9.17) is 12.2 Å². The van der Waals surface area contributed by atoms with Gasteiger partial charge >= 0.3 is 0 Å². The van der Waals surface area contributed by atoms with Crippen molar-refractivity contribution >= 4 is 23.0 Å². The molecule has 0 radical (unpaired) electrons. The predicted molar refractivity (Wildman–Crippen MR) is 65.4 cm³/mol. The molecular formula is C11H13F3N2S. The molecule has 17 heavy (non-hydrogen) atoms. The second kappa shape index (κ2) is 6.44. The second-order valence-electron chi connectivity index (χ2n) is 3.48. The topological polar surface area (TPSA) is 24.1 Å². The number of hydrogen-bond acceptors (Lipinski definition) is 1. The molecule has 0 aliphatic heterocycles. The predicted octanol–water partition coefficient (Wildman–Crippen LogP) is 3.19. The van der Waals surface area contributed by atoms with Crippen LogP contribution in [0.4, 0.5) is 18.9 Å². The van der Waals surface area contributed by atoms with Gasteiger partial charge in [0.25, 0.3) is 0 Å². The number of halogens is 3. The second-order valence-corrected chi connectivity index (χ2v) is 3.89. The summed E-state index contributed by atoms with van der Waals surface area (Å²) in [5.41, 5.74) is -0.444. The third kappa shape index (κ3) is 4.22. The van der Waals surface area contributed by atoms with Crippen molar-refractivity contribution in [2.45, 2.75) is 19.8 Å². The van der Waals surface area contributed by atoms with Crippen molar-refractivity contribution in [2.24, 2.45) is 0 Å². The Morgan fingerprint density at radius 3 is 2.35 bits per heavy atom. The number of hydrogen-bond donors (Lipinski definition) is 2. The average molecular weight is 262 g/mol. The van der Waals surface area contributed by atoms with Crippen LogP contribution in [0.3, 0.4) is 0 Å². The zero-order valence-electron chi connectivity index (χ0n) is 9.32. The molecule has 0 aromatic heterocycles. The summed E-state index contributed by atoms with van der Waals surface area (Å²) in [6.07, 6.45) is 1.88. The summed E-state index contributed by atoms with van der Waals surface area (Å²) in [4.78, 5) is 0. The molecule has 2 N–H and O–H groups in total. The minimum Gasteiger partial charge on any atom is -0.362 e. The Labute approximate surface area is 103 Å². The Balaban J connectivity index is 2.65. The van der Waals surface area contributed by atoms with Crippen LogP contribution in [0, 0.1) is 17.5 Å². The number of benzene rings is 1. The lowest BCUT2D eigenvalue weighted by molar-refractivity contribution is 0.549. The molecule has 0 spiro atoms. The molecular weight excluding hydrogens is 249 g/mol. The quantitative estimate of drug-likeness (QED) is 0.643. The Bertz CT molecular complexity index is 387. The van der Waals surface area contributed by atoms with Crippen molar-refractivity contribution < 1.29 is 13.2 Å². The molecule has 0 heterocycles. The smallest absolute Gasteiger partial charge is 0.170 e. The SMILES string of the molecule is CCCCNC(=S)Nc1c(F)cc(F)cc1F. The lowest BCUT2D eigenvalue weighted by Gasteiger charge is -2.11. The van der Waals surface area contributed by atoms with E-state index in [0.717, 1.165) is 12.8 Å². The van der Waals surface area contributed by atoms with Crippen LogP contribution in [0.1, 0.15) is 19.8 Å². The third-order valence-electron chi connectivity index (χ3n) is 2.06. The van der Waals surface area contributed by atoms with Gasteiger partial charge in [0.2, 0.25) is 0 Å². The van der Waals surface area contributed by atoms with Gasteiger partial charge in [0.05, 0.1) is 0 Å². The molecule has 0 unspecified atom stereocenters. The van der Waals surface area contributed by atoms with Crippen molar-refractivity contribution in [2.75, 3.05) is 11.9 Å². The first kappa shape index (κ1) is 13.8. The highest BCUT2D eigenvalue weighted by molar-refractivity contribution is 7.80.